The molecule has 4 rings (SSSR count). The van der Waals surface area contributed by atoms with Gasteiger partial charge in [-0.1, -0.05) is 84.4 Å². The Morgan fingerprint density at radius 3 is 2.26 bits per heavy atom. The van der Waals surface area contributed by atoms with E-state index in [1.165, 1.54) is 4.90 Å². The van der Waals surface area contributed by atoms with E-state index in [-0.39, 0.29) is 37.4 Å². The third-order valence-corrected chi connectivity index (χ3v) is 6.96. The summed E-state index contributed by atoms with van der Waals surface area (Å²) in [6.45, 7) is 3.44. The van der Waals surface area contributed by atoms with Crippen molar-refractivity contribution in [2.24, 2.45) is 0 Å². The van der Waals surface area contributed by atoms with E-state index in [0.717, 1.165) is 16.7 Å². The number of hydrogen-bond donors (Lipinski definition) is 1. The topological polar surface area (TPSA) is 75.7 Å². The van der Waals surface area contributed by atoms with Crippen LogP contribution in [0.3, 0.4) is 0 Å². The lowest BCUT2D eigenvalue weighted by molar-refractivity contribution is -0.141. The number of nitrogens with zero attached hydrogens (tertiary/aromatic N) is 1. The van der Waals surface area contributed by atoms with Crippen LogP contribution in [-0.2, 0) is 25.5 Å². The molecule has 2 unspecified atom stereocenters. The molecule has 3 aromatic rings. The van der Waals surface area contributed by atoms with Crippen molar-refractivity contribution < 1.29 is 19.1 Å². The molecule has 2 atom stereocenters. The molecule has 0 saturated heterocycles. The van der Waals surface area contributed by atoms with Gasteiger partial charge >= 0.3 is 5.97 Å². The van der Waals surface area contributed by atoms with Gasteiger partial charge in [0.1, 0.15) is 6.54 Å². The molecule has 38 heavy (non-hydrogen) atoms. The molecule has 0 spiro atoms. The predicted molar refractivity (Wildman–Crippen MR) is 147 cm³/mol. The first kappa shape index (κ1) is 27.1. The molecular formula is C31H31ClN2O4. The van der Waals surface area contributed by atoms with E-state index in [9.17, 15) is 14.4 Å². The lowest BCUT2D eigenvalue weighted by Gasteiger charge is -2.34. The number of benzene rings is 3. The molecule has 6 nitrogen and oxygen atoms in total. The van der Waals surface area contributed by atoms with Crippen LogP contribution >= 0.6 is 11.6 Å². The number of hydrogen-bond acceptors (Lipinski definition) is 4. The molecule has 2 amide bonds. The van der Waals surface area contributed by atoms with Crippen LogP contribution in [0.4, 0.5) is 0 Å². The average molecular weight is 531 g/mol. The van der Waals surface area contributed by atoms with E-state index >= 15 is 0 Å². The molecule has 0 aromatic heterocycles. The maximum absolute atomic E-state index is 13.3. The molecular weight excluding hydrogens is 500 g/mol. The van der Waals surface area contributed by atoms with Crippen molar-refractivity contribution in [3.8, 4) is 0 Å². The van der Waals surface area contributed by atoms with Gasteiger partial charge in [0.05, 0.1) is 18.2 Å². The van der Waals surface area contributed by atoms with E-state index in [4.69, 9.17) is 16.3 Å². The minimum Gasteiger partial charge on any atom is -0.463 e. The number of carbonyl (C=O) groups excluding carboxylic acids is 3. The molecule has 0 radical (unpaired) electrons. The maximum Gasteiger partial charge on any atom is 0.336 e. The molecule has 0 fully saturated rings. The Balaban J connectivity index is 1.59. The van der Waals surface area contributed by atoms with Crippen LogP contribution in [0.2, 0.25) is 5.02 Å². The second-order valence-corrected chi connectivity index (χ2v) is 9.66. The van der Waals surface area contributed by atoms with Crippen molar-refractivity contribution in [3.63, 3.8) is 0 Å². The zero-order valence-corrected chi connectivity index (χ0v) is 22.3. The van der Waals surface area contributed by atoms with Crippen molar-refractivity contribution in [3.05, 3.63) is 118 Å². The van der Waals surface area contributed by atoms with E-state index in [1.54, 1.807) is 26.0 Å². The van der Waals surface area contributed by atoms with Gasteiger partial charge in [-0.3, -0.25) is 9.59 Å². The third-order valence-electron chi connectivity index (χ3n) is 6.71. The summed E-state index contributed by atoms with van der Waals surface area (Å²) >= 11 is 6.05. The fraction of sp³-hybridized carbons (Fsp3) is 0.258. The monoisotopic (exact) mass is 530 g/mol. The van der Waals surface area contributed by atoms with Crippen molar-refractivity contribution in [2.45, 2.75) is 38.6 Å². The molecule has 0 aliphatic carbocycles. The van der Waals surface area contributed by atoms with Crippen LogP contribution in [0.5, 0.6) is 0 Å². The standard InChI is InChI=1S/C31H31ClN2O4/c1-3-38-31(37)30-21(2)34(29(36)19-26(30)23-14-16-25(32)17-15-23)20-28(35)33-27(24-12-8-5-9-13-24)18-22-10-6-4-7-11-22/h4-17,26-27H,3,18-20H2,1-2H3,(H,33,35). The molecule has 1 N–H and O–H groups in total. The molecule has 0 saturated carbocycles. The van der Waals surface area contributed by atoms with Crippen LogP contribution in [0.15, 0.2) is 96.2 Å². The highest BCUT2D eigenvalue weighted by Crippen LogP contribution is 2.37. The summed E-state index contributed by atoms with van der Waals surface area (Å²) in [4.78, 5) is 41.0. The number of nitrogens with one attached hydrogen (secondary N) is 1. The molecule has 1 aliphatic rings. The number of ether oxygens (including phenoxy) is 1. The Hall–Kier alpha value is -3.90. The summed E-state index contributed by atoms with van der Waals surface area (Å²) < 4.78 is 5.34. The average Bonchev–Trinajstić information content (AvgIpc) is 2.92. The Morgan fingerprint density at radius 2 is 1.63 bits per heavy atom. The number of allylic oxidation sites excluding steroid dienone is 1. The van der Waals surface area contributed by atoms with Gasteiger partial charge in [0.15, 0.2) is 0 Å². The van der Waals surface area contributed by atoms with Gasteiger partial charge in [0, 0.05) is 23.1 Å². The van der Waals surface area contributed by atoms with Crippen molar-refractivity contribution in [1.82, 2.24) is 10.2 Å². The fourth-order valence-electron chi connectivity index (χ4n) is 4.83. The Bertz CT molecular complexity index is 1310. The Morgan fingerprint density at radius 1 is 1.00 bits per heavy atom. The van der Waals surface area contributed by atoms with Crippen LogP contribution in [0.25, 0.3) is 0 Å². The minimum atomic E-state index is -0.492. The Kier molecular flexibility index (Phi) is 8.98. The quantitative estimate of drug-likeness (QED) is 0.366. The van der Waals surface area contributed by atoms with Crippen molar-refractivity contribution in [1.29, 1.82) is 0 Å². The van der Waals surface area contributed by atoms with E-state index in [1.807, 2.05) is 72.8 Å². The molecule has 7 heteroatoms. The molecule has 1 aliphatic heterocycles. The van der Waals surface area contributed by atoms with Crippen LogP contribution in [0.1, 0.15) is 48.9 Å². The van der Waals surface area contributed by atoms with Crippen molar-refractivity contribution in [2.75, 3.05) is 13.2 Å². The predicted octanol–water partition coefficient (Wildman–Crippen LogP) is 5.59. The lowest BCUT2D eigenvalue weighted by atomic mass is 9.83. The van der Waals surface area contributed by atoms with Gasteiger partial charge in [-0.25, -0.2) is 4.79 Å². The number of esters is 1. The SMILES string of the molecule is CCOC(=O)C1=C(C)N(CC(=O)NC(Cc2ccccc2)c2ccccc2)C(=O)CC1c1ccc(Cl)cc1. The van der Waals surface area contributed by atoms with Crippen LogP contribution < -0.4 is 5.32 Å². The highest BCUT2D eigenvalue weighted by atomic mass is 35.5. The summed E-state index contributed by atoms with van der Waals surface area (Å²) in [7, 11) is 0. The minimum absolute atomic E-state index is 0.0481. The normalized spacial score (nSPS) is 16.2. The summed E-state index contributed by atoms with van der Waals surface area (Å²) in [5.74, 6) is -1.51. The molecule has 3 aromatic carbocycles. The summed E-state index contributed by atoms with van der Waals surface area (Å²) in [5, 5.41) is 3.67. The van der Waals surface area contributed by atoms with E-state index in [2.05, 4.69) is 5.32 Å². The zero-order chi connectivity index (χ0) is 27.1. The largest absolute Gasteiger partial charge is 0.463 e. The molecule has 1 heterocycles. The molecule has 196 valence electrons. The first-order valence-corrected chi connectivity index (χ1v) is 13.1. The van der Waals surface area contributed by atoms with Crippen LogP contribution in [-0.4, -0.2) is 35.8 Å². The summed E-state index contributed by atoms with van der Waals surface area (Å²) in [6.07, 6.45) is 0.651. The van der Waals surface area contributed by atoms with E-state index in [0.29, 0.717) is 22.7 Å². The Labute approximate surface area is 228 Å². The van der Waals surface area contributed by atoms with Gasteiger partial charge in [-0.05, 0) is 49.1 Å². The van der Waals surface area contributed by atoms with Gasteiger partial charge < -0.3 is 15.0 Å². The lowest BCUT2D eigenvalue weighted by Crippen LogP contribution is -2.45. The number of amides is 2. The molecule has 0 bridgehead atoms. The zero-order valence-electron chi connectivity index (χ0n) is 21.5. The van der Waals surface area contributed by atoms with Gasteiger partial charge in [-0.2, -0.15) is 0 Å². The smallest absolute Gasteiger partial charge is 0.336 e. The number of halogens is 1. The van der Waals surface area contributed by atoms with Gasteiger partial charge in [-0.15, -0.1) is 0 Å². The maximum atomic E-state index is 13.3. The van der Waals surface area contributed by atoms with E-state index < -0.39 is 11.9 Å². The van der Waals surface area contributed by atoms with Gasteiger partial charge in [0.25, 0.3) is 0 Å². The highest BCUT2D eigenvalue weighted by Gasteiger charge is 2.37. The fourth-order valence-corrected chi connectivity index (χ4v) is 4.95. The third kappa shape index (κ3) is 6.50. The summed E-state index contributed by atoms with van der Waals surface area (Å²) in [6, 6.07) is 26.5. The van der Waals surface area contributed by atoms with Crippen LogP contribution in [0, 0.1) is 0 Å². The summed E-state index contributed by atoms with van der Waals surface area (Å²) in [5.41, 5.74) is 3.65. The second kappa shape index (κ2) is 12.6. The second-order valence-electron chi connectivity index (χ2n) is 9.23. The first-order chi connectivity index (χ1) is 18.4. The van der Waals surface area contributed by atoms with Crippen molar-refractivity contribution >= 4 is 29.4 Å². The number of rotatable bonds is 9. The first-order valence-electron chi connectivity index (χ1n) is 12.7. The highest BCUT2D eigenvalue weighted by molar-refractivity contribution is 6.30. The van der Waals surface area contributed by atoms with Gasteiger partial charge in [0.2, 0.25) is 11.8 Å². The number of carbonyl (C=O) groups is 3.